The molecule has 4 heteroatoms. The summed E-state index contributed by atoms with van der Waals surface area (Å²) in [6.45, 7) is 2.13. The lowest BCUT2D eigenvalue weighted by atomic mass is 10.1. The van der Waals surface area contributed by atoms with Gasteiger partial charge in [-0.15, -0.1) is 10.2 Å². The zero-order chi connectivity index (χ0) is 13.8. The van der Waals surface area contributed by atoms with Gasteiger partial charge in [-0.1, -0.05) is 67.6 Å². The van der Waals surface area contributed by atoms with Crippen LogP contribution in [0.3, 0.4) is 0 Å². The molecule has 0 amide bonds. The van der Waals surface area contributed by atoms with Gasteiger partial charge in [0.1, 0.15) is 0 Å². The van der Waals surface area contributed by atoms with Crippen LogP contribution in [0.2, 0.25) is 0 Å². The molecule has 2 aromatic carbocycles. The third-order valence-corrected chi connectivity index (χ3v) is 3.31. The normalized spacial score (nSPS) is 12.2. The van der Waals surface area contributed by atoms with Gasteiger partial charge in [0.15, 0.2) is 0 Å². The van der Waals surface area contributed by atoms with Gasteiger partial charge in [-0.25, -0.2) is 0 Å². The second-order valence-electron chi connectivity index (χ2n) is 4.63. The smallest absolute Gasteiger partial charge is 0.156 e. The highest BCUT2D eigenvalue weighted by Crippen LogP contribution is 2.21. The molecule has 1 atom stereocenters. The molecule has 0 saturated heterocycles. The SMILES string of the molecule is CCC(c1ccccc1)n1nnc(-c2ccccc2)n1. The Morgan fingerprint density at radius 3 is 2.25 bits per heavy atom. The van der Waals surface area contributed by atoms with E-state index in [9.17, 15) is 0 Å². The Labute approximate surface area is 118 Å². The highest BCUT2D eigenvalue weighted by Gasteiger charge is 2.15. The standard InChI is InChI=1S/C16H16N4/c1-2-15(13-9-5-3-6-10-13)20-18-16(17-19-20)14-11-7-4-8-12-14/h3-12,15H,2H2,1H3. The zero-order valence-corrected chi connectivity index (χ0v) is 11.3. The minimum atomic E-state index is 0.126. The predicted molar refractivity (Wildman–Crippen MR) is 78.1 cm³/mol. The molecule has 0 bridgehead atoms. The average Bonchev–Trinajstić information content (AvgIpc) is 3.00. The lowest BCUT2D eigenvalue weighted by Gasteiger charge is -2.13. The molecule has 1 heterocycles. The van der Waals surface area contributed by atoms with Gasteiger partial charge in [0.05, 0.1) is 6.04 Å². The van der Waals surface area contributed by atoms with Gasteiger partial charge in [0.25, 0.3) is 0 Å². The first-order chi connectivity index (χ1) is 9.88. The van der Waals surface area contributed by atoms with Crippen LogP contribution in [0.1, 0.15) is 24.9 Å². The lowest BCUT2D eigenvalue weighted by molar-refractivity contribution is 0.440. The summed E-state index contributed by atoms with van der Waals surface area (Å²) in [7, 11) is 0. The van der Waals surface area contributed by atoms with E-state index in [1.54, 1.807) is 4.80 Å². The van der Waals surface area contributed by atoms with Crippen molar-refractivity contribution in [1.82, 2.24) is 20.2 Å². The maximum atomic E-state index is 4.52. The Balaban J connectivity index is 1.93. The fourth-order valence-electron chi connectivity index (χ4n) is 2.27. The van der Waals surface area contributed by atoms with E-state index in [1.807, 2.05) is 48.5 Å². The molecule has 20 heavy (non-hydrogen) atoms. The van der Waals surface area contributed by atoms with Crippen LogP contribution in [0, 0.1) is 0 Å². The van der Waals surface area contributed by atoms with Crippen molar-refractivity contribution >= 4 is 0 Å². The fraction of sp³-hybridized carbons (Fsp3) is 0.188. The number of rotatable bonds is 4. The fourth-order valence-corrected chi connectivity index (χ4v) is 2.27. The molecule has 4 nitrogen and oxygen atoms in total. The van der Waals surface area contributed by atoms with Crippen LogP contribution in [0.4, 0.5) is 0 Å². The summed E-state index contributed by atoms with van der Waals surface area (Å²) in [6, 6.07) is 20.3. The van der Waals surface area contributed by atoms with Crippen LogP contribution >= 0.6 is 0 Å². The van der Waals surface area contributed by atoms with Gasteiger partial charge in [-0.2, -0.15) is 4.80 Å². The van der Waals surface area contributed by atoms with Crippen LogP contribution < -0.4 is 0 Å². The first-order valence-corrected chi connectivity index (χ1v) is 6.78. The van der Waals surface area contributed by atoms with Crippen molar-refractivity contribution in [2.45, 2.75) is 19.4 Å². The van der Waals surface area contributed by atoms with Crippen molar-refractivity contribution in [3.63, 3.8) is 0 Å². The molecule has 0 aliphatic rings. The molecule has 0 radical (unpaired) electrons. The number of nitrogens with zero attached hydrogens (tertiary/aromatic N) is 4. The lowest BCUT2D eigenvalue weighted by Crippen LogP contribution is -2.13. The molecule has 0 saturated carbocycles. The molecule has 0 aliphatic heterocycles. The van der Waals surface area contributed by atoms with E-state index < -0.39 is 0 Å². The molecule has 0 fully saturated rings. The van der Waals surface area contributed by atoms with Crippen LogP contribution in [-0.2, 0) is 0 Å². The molecular formula is C16H16N4. The minimum absolute atomic E-state index is 0.126. The van der Waals surface area contributed by atoms with Crippen LogP contribution in [0.5, 0.6) is 0 Å². The minimum Gasteiger partial charge on any atom is -0.156 e. The van der Waals surface area contributed by atoms with Gasteiger partial charge >= 0.3 is 0 Å². The van der Waals surface area contributed by atoms with Crippen molar-refractivity contribution in [1.29, 1.82) is 0 Å². The zero-order valence-electron chi connectivity index (χ0n) is 11.3. The quantitative estimate of drug-likeness (QED) is 0.726. The summed E-state index contributed by atoms with van der Waals surface area (Å²) in [4.78, 5) is 1.71. The first kappa shape index (κ1) is 12.5. The topological polar surface area (TPSA) is 43.6 Å². The van der Waals surface area contributed by atoms with Gasteiger partial charge < -0.3 is 0 Å². The summed E-state index contributed by atoms with van der Waals surface area (Å²) in [5, 5.41) is 12.9. The first-order valence-electron chi connectivity index (χ1n) is 6.78. The Morgan fingerprint density at radius 1 is 0.950 bits per heavy atom. The number of tetrazole rings is 1. The van der Waals surface area contributed by atoms with Crippen LogP contribution in [0.15, 0.2) is 60.7 Å². The van der Waals surface area contributed by atoms with Crippen LogP contribution in [0.25, 0.3) is 11.4 Å². The molecule has 3 rings (SSSR count). The summed E-state index contributed by atoms with van der Waals surface area (Å²) < 4.78 is 0. The molecule has 0 spiro atoms. The van der Waals surface area contributed by atoms with Crippen molar-refractivity contribution in [2.24, 2.45) is 0 Å². The van der Waals surface area contributed by atoms with E-state index in [2.05, 4.69) is 34.5 Å². The summed E-state index contributed by atoms with van der Waals surface area (Å²) in [6.07, 6.45) is 0.925. The van der Waals surface area contributed by atoms with Crippen molar-refractivity contribution in [2.75, 3.05) is 0 Å². The highest BCUT2D eigenvalue weighted by molar-refractivity contribution is 5.53. The second kappa shape index (κ2) is 5.65. The van der Waals surface area contributed by atoms with E-state index in [0.29, 0.717) is 5.82 Å². The summed E-state index contributed by atoms with van der Waals surface area (Å²) in [5.41, 5.74) is 2.19. The average molecular weight is 264 g/mol. The van der Waals surface area contributed by atoms with Gasteiger partial charge in [0, 0.05) is 5.56 Å². The molecule has 100 valence electrons. The van der Waals surface area contributed by atoms with Crippen LogP contribution in [-0.4, -0.2) is 20.2 Å². The van der Waals surface area contributed by atoms with Gasteiger partial charge in [-0.3, -0.25) is 0 Å². The van der Waals surface area contributed by atoms with Crippen molar-refractivity contribution in [3.8, 4) is 11.4 Å². The van der Waals surface area contributed by atoms with E-state index in [4.69, 9.17) is 0 Å². The molecule has 1 aromatic heterocycles. The Hall–Kier alpha value is -2.49. The molecule has 3 aromatic rings. The summed E-state index contributed by atoms with van der Waals surface area (Å²) in [5.74, 6) is 0.667. The van der Waals surface area contributed by atoms with Gasteiger partial charge in [0.2, 0.25) is 5.82 Å². The van der Waals surface area contributed by atoms with E-state index in [0.717, 1.165) is 12.0 Å². The monoisotopic (exact) mass is 264 g/mol. The molecule has 0 aliphatic carbocycles. The Morgan fingerprint density at radius 2 is 1.60 bits per heavy atom. The molecular weight excluding hydrogens is 248 g/mol. The van der Waals surface area contributed by atoms with E-state index in [1.165, 1.54) is 5.56 Å². The van der Waals surface area contributed by atoms with Crippen molar-refractivity contribution < 1.29 is 0 Å². The van der Waals surface area contributed by atoms with Gasteiger partial charge in [-0.05, 0) is 17.2 Å². The third-order valence-electron chi connectivity index (χ3n) is 3.31. The largest absolute Gasteiger partial charge is 0.204 e. The third kappa shape index (κ3) is 2.45. The maximum absolute atomic E-state index is 4.52. The molecule has 0 N–H and O–H groups in total. The number of hydrogen-bond donors (Lipinski definition) is 0. The highest BCUT2D eigenvalue weighted by atomic mass is 15.6. The van der Waals surface area contributed by atoms with E-state index >= 15 is 0 Å². The van der Waals surface area contributed by atoms with Crippen molar-refractivity contribution in [3.05, 3.63) is 66.2 Å². The summed E-state index contributed by atoms with van der Waals surface area (Å²) >= 11 is 0. The maximum Gasteiger partial charge on any atom is 0.204 e. The number of benzene rings is 2. The predicted octanol–water partition coefficient (Wildman–Crippen LogP) is 3.34. The Kier molecular flexibility index (Phi) is 3.54. The van der Waals surface area contributed by atoms with E-state index in [-0.39, 0.29) is 6.04 Å². The Bertz CT molecular complexity index is 661. The molecule has 1 unspecified atom stereocenters. The number of hydrogen-bond acceptors (Lipinski definition) is 3. The second-order valence-corrected chi connectivity index (χ2v) is 4.63. The number of aromatic nitrogens is 4.